The first-order chi connectivity index (χ1) is 16.6. The number of unbranched alkanes of at least 4 members (excludes halogenated alkanes) is 1. The lowest BCUT2D eigenvalue weighted by Gasteiger charge is -2.29. The van der Waals surface area contributed by atoms with E-state index in [1.54, 1.807) is 12.1 Å². The van der Waals surface area contributed by atoms with E-state index in [0.29, 0.717) is 25.0 Å². The smallest absolute Gasteiger partial charge is 0.263 e. The number of hydrogen-bond donors (Lipinski definition) is 0. The van der Waals surface area contributed by atoms with Gasteiger partial charge in [0.15, 0.2) is 6.29 Å². The Balaban J connectivity index is 1.22. The molecule has 2 fully saturated rings. The third kappa shape index (κ3) is 6.86. The first-order valence-electron chi connectivity index (χ1n) is 12.7. The fourth-order valence-electron chi connectivity index (χ4n) is 4.78. The summed E-state index contributed by atoms with van der Waals surface area (Å²) < 4.78 is 37.5. The molecule has 4 heteroatoms. The highest BCUT2D eigenvalue weighted by atomic mass is 19.3. The molecular weight excluding hydrogens is 430 g/mol. The van der Waals surface area contributed by atoms with Crippen LogP contribution in [0.3, 0.4) is 0 Å². The normalized spacial score (nSPS) is 26.0. The molecular formula is C30H36F2O2. The summed E-state index contributed by atoms with van der Waals surface area (Å²) in [6, 6.07) is 14.4. The van der Waals surface area contributed by atoms with Gasteiger partial charge in [-0.2, -0.15) is 0 Å². The molecule has 182 valence electrons. The van der Waals surface area contributed by atoms with Gasteiger partial charge in [-0.1, -0.05) is 86.2 Å². The van der Waals surface area contributed by atoms with Crippen molar-refractivity contribution in [2.75, 3.05) is 13.2 Å². The van der Waals surface area contributed by atoms with E-state index in [1.165, 1.54) is 50.7 Å². The Bertz CT molecular complexity index is 917. The lowest BCUT2D eigenvalue weighted by Crippen LogP contribution is -2.26. The molecule has 0 radical (unpaired) electrons. The quantitative estimate of drug-likeness (QED) is 0.362. The van der Waals surface area contributed by atoms with Gasteiger partial charge in [-0.05, 0) is 55.1 Å². The van der Waals surface area contributed by atoms with Crippen molar-refractivity contribution >= 4 is 0 Å². The molecule has 1 aliphatic heterocycles. The highest BCUT2D eigenvalue weighted by Crippen LogP contribution is 2.32. The topological polar surface area (TPSA) is 18.5 Å². The molecule has 1 saturated carbocycles. The van der Waals surface area contributed by atoms with E-state index in [1.807, 2.05) is 24.3 Å². The lowest BCUT2D eigenvalue weighted by molar-refractivity contribution is -0.197. The van der Waals surface area contributed by atoms with Gasteiger partial charge in [0, 0.05) is 17.0 Å². The number of halogens is 2. The molecule has 0 amide bonds. The van der Waals surface area contributed by atoms with Gasteiger partial charge in [-0.15, -0.1) is 0 Å². The molecule has 2 aliphatic rings. The molecule has 2 aromatic rings. The number of benzene rings is 2. The summed E-state index contributed by atoms with van der Waals surface area (Å²) in [5, 5.41) is 0. The molecule has 4 rings (SSSR count). The molecule has 2 nitrogen and oxygen atoms in total. The van der Waals surface area contributed by atoms with Crippen molar-refractivity contribution in [1.29, 1.82) is 0 Å². The molecule has 0 atom stereocenters. The Kier molecular flexibility index (Phi) is 9.06. The molecule has 0 bridgehead atoms. The van der Waals surface area contributed by atoms with Crippen LogP contribution in [0, 0.1) is 17.8 Å². The van der Waals surface area contributed by atoms with Crippen LogP contribution >= 0.6 is 0 Å². The molecule has 1 heterocycles. The molecule has 0 spiro atoms. The minimum Gasteiger partial charge on any atom is -0.348 e. The van der Waals surface area contributed by atoms with Crippen LogP contribution in [0.4, 0.5) is 8.78 Å². The van der Waals surface area contributed by atoms with Crippen LogP contribution in [-0.4, -0.2) is 13.2 Å². The van der Waals surface area contributed by atoms with E-state index in [4.69, 9.17) is 9.47 Å². The fourth-order valence-corrected chi connectivity index (χ4v) is 4.78. The van der Waals surface area contributed by atoms with Crippen LogP contribution in [0.5, 0.6) is 0 Å². The molecule has 1 aliphatic carbocycles. The average Bonchev–Trinajstić information content (AvgIpc) is 2.89. The average molecular weight is 467 g/mol. The molecule has 0 N–H and O–H groups in total. The standard InChI is InChI=1S/C30H36F2O2/c1-2-3-4-5-22-6-8-23(9-7-22)10-11-24-20-33-30(34-21-24)28-18-14-26(15-19-28)25-12-16-27(17-13-25)29(31)32/h4-5,10-19,22-24,29-30H,2-3,6-9,20-21H2,1H3/b5-4+,11-10+. The van der Waals surface area contributed by atoms with Crippen molar-refractivity contribution in [3.05, 3.63) is 84.0 Å². The van der Waals surface area contributed by atoms with Gasteiger partial charge >= 0.3 is 0 Å². The summed E-state index contributed by atoms with van der Waals surface area (Å²) in [5.74, 6) is 1.74. The van der Waals surface area contributed by atoms with E-state index in [2.05, 4.69) is 31.2 Å². The van der Waals surface area contributed by atoms with Crippen LogP contribution in [0.2, 0.25) is 0 Å². The molecule has 0 unspecified atom stereocenters. The van der Waals surface area contributed by atoms with E-state index >= 15 is 0 Å². The minimum absolute atomic E-state index is 0.0419. The minimum atomic E-state index is -2.44. The largest absolute Gasteiger partial charge is 0.348 e. The first kappa shape index (κ1) is 24.8. The maximum absolute atomic E-state index is 12.8. The molecule has 34 heavy (non-hydrogen) atoms. The van der Waals surface area contributed by atoms with Crippen molar-refractivity contribution in [1.82, 2.24) is 0 Å². The van der Waals surface area contributed by atoms with Gasteiger partial charge in [0.05, 0.1) is 13.2 Å². The van der Waals surface area contributed by atoms with Crippen LogP contribution in [0.1, 0.15) is 69.3 Å². The van der Waals surface area contributed by atoms with Gasteiger partial charge in [-0.3, -0.25) is 0 Å². The maximum atomic E-state index is 12.8. The summed E-state index contributed by atoms with van der Waals surface area (Å²) in [6.45, 7) is 3.55. The summed E-state index contributed by atoms with van der Waals surface area (Å²) >= 11 is 0. The summed E-state index contributed by atoms with van der Waals surface area (Å²) in [4.78, 5) is 0. The van der Waals surface area contributed by atoms with Crippen molar-refractivity contribution in [2.45, 2.75) is 58.2 Å². The second-order valence-electron chi connectivity index (χ2n) is 9.58. The summed E-state index contributed by atoms with van der Waals surface area (Å²) in [5.41, 5.74) is 2.92. The lowest BCUT2D eigenvalue weighted by atomic mass is 9.81. The van der Waals surface area contributed by atoms with Gasteiger partial charge in [0.2, 0.25) is 0 Å². The van der Waals surface area contributed by atoms with E-state index in [0.717, 1.165) is 22.6 Å². The zero-order valence-electron chi connectivity index (χ0n) is 20.0. The predicted molar refractivity (Wildman–Crippen MR) is 134 cm³/mol. The van der Waals surface area contributed by atoms with Crippen LogP contribution in [-0.2, 0) is 9.47 Å². The Morgan fingerprint density at radius 2 is 1.29 bits per heavy atom. The zero-order valence-corrected chi connectivity index (χ0v) is 20.0. The predicted octanol–water partition coefficient (Wildman–Crippen LogP) is 8.67. The van der Waals surface area contributed by atoms with Crippen molar-refractivity contribution < 1.29 is 18.3 Å². The van der Waals surface area contributed by atoms with E-state index < -0.39 is 6.43 Å². The van der Waals surface area contributed by atoms with Gasteiger partial charge in [-0.25, -0.2) is 8.78 Å². The maximum Gasteiger partial charge on any atom is 0.263 e. The van der Waals surface area contributed by atoms with Crippen molar-refractivity contribution in [2.24, 2.45) is 17.8 Å². The molecule has 1 saturated heterocycles. The van der Waals surface area contributed by atoms with Gasteiger partial charge in [0.1, 0.15) is 0 Å². The van der Waals surface area contributed by atoms with Crippen molar-refractivity contribution in [3.63, 3.8) is 0 Å². The number of alkyl halides is 2. The highest BCUT2D eigenvalue weighted by Gasteiger charge is 2.23. The Morgan fingerprint density at radius 1 is 0.765 bits per heavy atom. The van der Waals surface area contributed by atoms with Crippen LogP contribution in [0.25, 0.3) is 11.1 Å². The van der Waals surface area contributed by atoms with Crippen LogP contribution < -0.4 is 0 Å². The highest BCUT2D eigenvalue weighted by molar-refractivity contribution is 5.64. The summed E-state index contributed by atoms with van der Waals surface area (Å²) in [6.07, 6.45) is 14.2. The second kappa shape index (κ2) is 12.4. The summed E-state index contributed by atoms with van der Waals surface area (Å²) in [7, 11) is 0. The number of ether oxygens (including phenoxy) is 2. The van der Waals surface area contributed by atoms with Gasteiger partial charge < -0.3 is 9.47 Å². The van der Waals surface area contributed by atoms with E-state index in [9.17, 15) is 8.78 Å². The monoisotopic (exact) mass is 466 g/mol. The third-order valence-corrected chi connectivity index (χ3v) is 6.94. The second-order valence-corrected chi connectivity index (χ2v) is 9.58. The fraction of sp³-hybridized carbons (Fsp3) is 0.467. The Labute approximate surface area is 202 Å². The third-order valence-electron chi connectivity index (χ3n) is 6.94. The number of allylic oxidation sites excluding steroid dienone is 3. The zero-order chi connectivity index (χ0) is 23.8. The van der Waals surface area contributed by atoms with Gasteiger partial charge in [0.25, 0.3) is 6.43 Å². The molecule has 2 aromatic carbocycles. The van der Waals surface area contributed by atoms with E-state index in [-0.39, 0.29) is 11.9 Å². The van der Waals surface area contributed by atoms with Crippen molar-refractivity contribution in [3.8, 4) is 11.1 Å². The first-order valence-corrected chi connectivity index (χ1v) is 12.7. The number of rotatable bonds is 8. The Morgan fingerprint density at radius 3 is 1.85 bits per heavy atom. The van der Waals surface area contributed by atoms with Crippen LogP contribution in [0.15, 0.2) is 72.8 Å². The molecule has 0 aromatic heterocycles. The SMILES string of the molecule is CCC/C=C/C1CCC(/C=C/C2COC(c3ccc(-c4ccc(C(F)F)cc4)cc3)OC2)CC1. The Hall–Kier alpha value is -2.30. The number of hydrogen-bond acceptors (Lipinski definition) is 2.